The van der Waals surface area contributed by atoms with E-state index in [1.807, 2.05) is 0 Å². The van der Waals surface area contributed by atoms with Crippen molar-refractivity contribution in [1.82, 2.24) is 4.98 Å². The van der Waals surface area contributed by atoms with Gasteiger partial charge in [0.1, 0.15) is 5.92 Å². The van der Waals surface area contributed by atoms with Crippen molar-refractivity contribution in [3.05, 3.63) is 53.9 Å². The van der Waals surface area contributed by atoms with Crippen molar-refractivity contribution < 1.29 is 14.4 Å². The number of H-pyrrole nitrogens is 1. The summed E-state index contributed by atoms with van der Waals surface area (Å²) in [6.07, 6.45) is 1.60. The van der Waals surface area contributed by atoms with Gasteiger partial charge in [-0.25, -0.2) is 9.69 Å². The maximum absolute atomic E-state index is 12.4. The molecule has 0 radical (unpaired) electrons. The number of nitrogens with zero attached hydrogens (tertiary/aromatic N) is 1. The van der Waals surface area contributed by atoms with Gasteiger partial charge in [-0.1, -0.05) is 18.2 Å². The van der Waals surface area contributed by atoms with E-state index in [0.29, 0.717) is 16.9 Å². The van der Waals surface area contributed by atoms with Gasteiger partial charge in [-0.05, 0) is 23.8 Å². The second-order valence-electron chi connectivity index (χ2n) is 4.45. The van der Waals surface area contributed by atoms with Crippen LogP contribution in [0.25, 0.3) is 0 Å². The lowest BCUT2D eigenvalue weighted by Gasteiger charge is -2.12. The number of aromatic amines is 1. The molecule has 1 aromatic heterocycles. The van der Waals surface area contributed by atoms with E-state index in [0.717, 1.165) is 4.90 Å². The smallest absolute Gasteiger partial charge is 0.326 e. The molecule has 1 atom stereocenters. The second kappa shape index (κ2) is 4.34. The number of aromatic nitrogens is 1. The van der Waals surface area contributed by atoms with E-state index in [9.17, 15) is 14.4 Å². The molecule has 20 heavy (non-hydrogen) atoms. The Morgan fingerprint density at radius 3 is 2.55 bits per heavy atom. The minimum absolute atomic E-state index is 0.324. The number of para-hydroxylation sites is 1. The monoisotopic (exact) mass is 269 g/mol. The molecule has 100 valence electrons. The number of nitrogens with one attached hydrogen (secondary N) is 1. The Morgan fingerprint density at radius 2 is 1.90 bits per heavy atom. The number of Topliss-reactive ketones (excluding diaryl/α,β-unsaturated/α-hetero) is 1. The molecule has 0 fully saturated rings. The van der Waals surface area contributed by atoms with Crippen LogP contribution in [0.15, 0.2) is 42.6 Å². The van der Waals surface area contributed by atoms with Gasteiger partial charge >= 0.3 is 6.03 Å². The van der Waals surface area contributed by atoms with E-state index in [2.05, 4.69) is 4.98 Å². The molecule has 6 nitrogen and oxygen atoms in total. The van der Waals surface area contributed by atoms with Gasteiger partial charge < -0.3 is 10.7 Å². The highest BCUT2D eigenvalue weighted by atomic mass is 16.2. The van der Waals surface area contributed by atoms with Gasteiger partial charge in [0, 0.05) is 6.20 Å². The van der Waals surface area contributed by atoms with Gasteiger partial charge in [0.15, 0.2) is 5.78 Å². The molecular formula is C14H11N3O3. The molecule has 3 amide bonds. The molecule has 1 aromatic carbocycles. The Bertz CT molecular complexity index is 706. The predicted molar refractivity (Wildman–Crippen MR) is 71.4 cm³/mol. The zero-order valence-corrected chi connectivity index (χ0v) is 10.4. The van der Waals surface area contributed by atoms with Crippen LogP contribution in [-0.4, -0.2) is 22.7 Å². The van der Waals surface area contributed by atoms with Gasteiger partial charge in [0.2, 0.25) is 0 Å². The van der Waals surface area contributed by atoms with E-state index >= 15 is 0 Å². The van der Waals surface area contributed by atoms with Crippen LogP contribution in [0.2, 0.25) is 0 Å². The van der Waals surface area contributed by atoms with E-state index in [4.69, 9.17) is 5.73 Å². The molecule has 0 saturated carbocycles. The minimum Gasteiger partial charge on any atom is -0.359 e. The van der Waals surface area contributed by atoms with Crippen LogP contribution in [0.1, 0.15) is 22.0 Å². The van der Waals surface area contributed by atoms with Crippen molar-refractivity contribution in [3.63, 3.8) is 0 Å². The Balaban J connectivity index is 2.11. The lowest BCUT2D eigenvalue weighted by atomic mass is 9.94. The quantitative estimate of drug-likeness (QED) is 0.637. The summed E-state index contributed by atoms with van der Waals surface area (Å²) in [7, 11) is 0. The van der Waals surface area contributed by atoms with E-state index < -0.39 is 17.9 Å². The van der Waals surface area contributed by atoms with Crippen molar-refractivity contribution in [1.29, 1.82) is 0 Å². The van der Waals surface area contributed by atoms with Gasteiger partial charge in [-0.3, -0.25) is 9.59 Å². The highest BCUT2D eigenvalue weighted by Crippen LogP contribution is 2.38. The predicted octanol–water partition coefficient (Wildman–Crippen LogP) is 1.41. The molecule has 0 aliphatic carbocycles. The average molecular weight is 269 g/mol. The summed E-state index contributed by atoms with van der Waals surface area (Å²) < 4.78 is 0. The molecule has 2 aromatic rings. The van der Waals surface area contributed by atoms with Crippen LogP contribution < -0.4 is 10.6 Å². The summed E-state index contributed by atoms with van der Waals surface area (Å²) in [6, 6.07) is 9.02. The summed E-state index contributed by atoms with van der Waals surface area (Å²) in [6.45, 7) is 0. The van der Waals surface area contributed by atoms with E-state index in [-0.39, 0.29) is 5.78 Å². The largest absolute Gasteiger partial charge is 0.359 e. The van der Waals surface area contributed by atoms with Crippen LogP contribution in [0.3, 0.4) is 0 Å². The molecule has 0 bridgehead atoms. The number of rotatable bonds is 2. The summed E-state index contributed by atoms with van der Waals surface area (Å²) in [5, 5.41) is 0. The summed E-state index contributed by atoms with van der Waals surface area (Å²) in [5.41, 5.74) is 6.42. The summed E-state index contributed by atoms with van der Waals surface area (Å²) >= 11 is 0. The molecule has 0 spiro atoms. The summed E-state index contributed by atoms with van der Waals surface area (Å²) in [5.74, 6) is -2.02. The van der Waals surface area contributed by atoms with Crippen LogP contribution in [-0.2, 0) is 4.79 Å². The third-order valence-electron chi connectivity index (χ3n) is 3.30. The molecule has 0 saturated heterocycles. The van der Waals surface area contributed by atoms with Gasteiger partial charge in [0.05, 0.1) is 11.4 Å². The van der Waals surface area contributed by atoms with Crippen LogP contribution in [0.4, 0.5) is 10.5 Å². The fraction of sp³-hybridized carbons (Fsp3) is 0.0714. The molecule has 3 rings (SSSR count). The lowest BCUT2D eigenvalue weighted by molar-refractivity contribution is -0.117. The Kier molecular flexibility index (Phi) is 2.64. The number of carbonyl (C=O) groups excluding carboxylic acids is 3. The van der Waals surface area contributed by atoms with Gasteiger partial charge in [0.25, 0.3) is 5.91 Å². The lowest BCUT2D eigenvalue weighted by Crippen LogP contribution is -2.40. The van der Waals surface area contributed by atoms with Crippen molar-refractivity contribution in [2.75, 3.05) is 4.90 Å². The first-order valence-electron chi connectivity index (χ1n) is 6.01. The molecule has 2 heterocycles. The zero-order valence-electron chi connectivity index (χ0n) is 10.4. The number of amides is 3. The second-order valence-corrected chi connectivity index (χ2v) is 4.45. The fourth-order valence-electron chi connectivity index (χ4n) is 2.44. The van der Waals surface area contributed by atoms with Crippen LogP contribution in [0, 0.1) is 0 Å². The number of imide groups is 1. The Morgan fingerprint density at radius 1 is 1.15 bits per heavy atom. The first-order chi connectivity index (χ1) is 9.61. The maximum Gasteiger partial charge on any atom is 0.326 e. The van der Waals surface area contributed by atoms with Crippen molar-refractivity contribution >= 4 is 23.4 Å². The van der Waals surface area contributed by atoms with E-state index in [1.165, 1.54) is 0 Å². The van der Waals surface area contributed by atoms with Crippen LogP contribution >= 0.6 is 0 Å². The minimum atomic E-state index is -1.03. The molecule has 1 unspecified atom stereocenters. The third-order valence-corrected chi connectivity index (χ3v) is 3.30. The molecule has 1 aliphatic rings. The number of fused-ring (bicyclic) bond motifs is 1. The highest BCUT2D eigenvalue weighted by Gasteiger charge is 2.44. The number of carbonyl (C=O) groups is 3. The SMILES string of the molecule is NC(=O)N1C(=O)C(C(=O)c2ccc[nH]2)c2ccccc21. The van der Waals surface area contributed by atoms with Gasteiger partial charge in [-0.15, -0.1) is 0 Å². The average Bonchev–Trinajstić information content (AvgIpc) is 3.02. The number of primary amides is 1. The highest BCUT2D eigenvalue weighted by molar-refractivity contribution is 6.29. The topological polar surface area (TPSA) is 96.3 Å². The fourth-order valence-corrected chi connectivity index (χ4v) is 2.44. The number of nitrogens with two attached hydrogens (primary N) is 1. The maximum atomic E-state index is 12.4. The normalized spacial score (nSPS) is 17.1. The number of hydrogen-bond acceptors (Lipinski definition) is 3. The standard InChI is InChI=1S/C14H11N3O3/c15-14(20)17-10-6-2-1-4-8(10)11(13(17)19)12(18)9-5-3-7-16-9/h1-7,11,16H,(H2,15,20). The Hall–Kier alpha value is -2.89. The van der Waals surface area contributed by atoms with Crippen LogP contribution in [0.5, 0.6) is 0 Å². The van der Waals surface area contributed by atoms with E-state index in [1.54, 1.807) is 42.6 Å². The molecule has 3 N–H and O–H groups in total. The Labute approximate surface area is 114 Å². The number of benzene rings is 1. The number of anilines is 1. The first-order valence-corrected chi connectivity index (χ1v) is 6.01. The number of hydrogen-bond donors (Lipinski definition) is 2. The summed E-state index contributed by atoms with van der Waals surface area (Å²) in [4.78, 5) is 39.8. The third kappa shape index (κ3) is 1.62. The van der Waals surface area contributed by atoms with Crippen molar-refractivity contribution in [3.8, 4) is 0 Å². The molecule has 6 heteroatoms. The first kappa shape index (κ1) is 12.2. The van der Waals surface area contributed by atoms with Gasteiger partial charge in [-0.2, -0.15) is 0 Å². The molecule has 1 aliphatic heterocycles. The molecular weight excluding hydrogens is 258 g/mol. The van der Waals surface area contributed by atoms with Crippen molar-refractivity contribution in [2.24, 2.45) is 5.73 Å². The number of ketones is 1. The van der Waals surface area contributed by atoms with Crippen molar-refractivity contribution in [2.45, 2.75) is 5.92 Å². The zero-order chi connectivity index (χ0) is 14.3. The number of urea groups is 1.